The number of nitrogens with zero attached hydrogens (tertiary/aromatic N) is 6. The molecule has 1 unspecified atom stereocenters. The summed E-state index contributed by atoms with van der Waals surface area (Å²) in [5, 5.41) is 1.59. The molecule has 1 aliphatic carbocycles. The van der Waals surface area contributed by atoms with Crippen LogP contribution in [0.2, 0.25) is 0 Å². The van der Waals surface area contributed by atoms with Gasteiger partial charge in [0.05, 0.1) is 31.1 Å². The first-order chi connectivity index (χ1) is 19.2. The van der Waals surface area contributed by atoms with Crippen LogP contribution in [-0.2, 0) is 4.79 Å². The van der Waals surface area contributed by atoms with Crippen LogP contribution in [0.5, 0.6) is 5.75 Å². The van der Waals surface area contributed by atoms with Gasteiger partial charge in [0.15, 0.2) is 5.82 Å². The number of benzene rings is 1. The zero-order chi connectivity index (χ0) is 28.4. The molecule has 1 N–H and O–H groups in total. The third-order valence-corrected chi connectivity index (χ3v) is 8.13. The van der Waals surface area contributed by atoms with E-state index in [0.717, 1.165) is 25.7 Å². The first-order valence-corrected chi connectivity index (χ1v) is 13.9. The number of amides is 2. The average Bonchev–Trinajstić information content (AvgIpc) is 3.04. The molecule has 0 bridgehead atoms. The van der Waals surface area contributed by atoms with Gasteiger partial charge < -0.3 is 19.4 Å². The molecule has 2 aliphatic heterocycles. The van der Waals surface area contributed by atoms with E-state index >= 15 is 0 Å². The van der Waals surface area contributed by atoms with Crippen molar-refractivity contribution >= 4 is 29.3 Å². The van der Waals surface area contributed by atoms with Crippen LogP contribution in [0.3, 0.4) is 0 Å². The van der Waals surface area contributed by atoms with Crippen molar-refractivity contribution in [1.82, 2.24) is 19.9 Å². The fourth-order valence-corrected chi connectivity index (χ4v) is 5.94. The number of aromatic nitrogens is 2. The molecule has 5 rings (SSSR count). The van der Waals surface area contributed by atoms with E-state index in [1.165, 1.54) is 11.3 Å². The lowest BCUT2D eigenvalue weighted by atomic mass is 9.93. The molecule has 2 amide bonds. The van der Waals surface area contributed by atoms with Crippen LogP contribution in [-0.4, -0.2) is 84.6 Å². The van der Waals surface area contributed by atoms with E-state index < -0.39 is 11.7 Å². The molecule has 2 aromatic rings. The minimum absolute atomic E-state index is 0.0308. The van der Waals surface area contributed by atoms with Crippen LogP contribution >= 0.6 is 0 Å². The fourth-order valence-electron chi connectivity index (χ4n) is 5.94. The molecular formula is C29H38FN7O3. The van der Waals surface area contributed by atoms with Crippen molar-refractivity contribution in [2.24, 2.45) is 5.92 Å². The van der Waals surface area contributed by atoms with Crippen LogP contribution in [0.1, 0.15) is 48.9 Å². The maximum atomic E-state index is 14.0. The quantitative estimate of drug-likeness (QED) is 0.495. The minimum Gasteiger partial charge on any atom is -0.497 e. The monoisotopic (exact) mass is 551 g/mol. The zero-order valence-electron chi connectivity index (χ0n) is 23.5. The Morgan fingerprint density at radius 3 is 2.62 bits per heavy atom. The fraction of sp³-hybridized carbons (Fsp3) is 0.517. The second-order valence-corrected chi connectivity index (χ2v) is 11.1. The van der Waals surface area contributed by atoms with Gasteiger partial charge in [-0.15, -0.1) is 0 Å². The Morgan fingerprint density at radius 2 is 1.95 bits per heavy atom. The largest absolute Gasteiger partial charge is 0.497 e. The second kappa shape index (κ2) is 11.8. The number of anilines is 3. The first kappa shape index (κ1) is 27.8. The molecule has 2 fully saturated rings. The van der Waals surface area contributed by atoms with Crippen molar-refractivity contribution in [2.75, 3.05) is 56.1 Å². The molecule has 214 valence electrons. The number of carbonyl (C=O) groups is 2. The summed E-state index contributed by atoms with van der Waals surface area (Å²) in [5.41, 5.74) is 4.25. The molecule has 1 saturated carbocycles. The van der Waals surface area contributed by atoms with Crippen LogP contribution in [0.15, 0.2) is 42.9 Å². The van der Waals surface area contributed by atoms with Gasteiger partial charge in [-0.3, -0.25) is 15.0 Å². The number of ether oxygens (including phenoxy) is 1. The van der Waals surface area contributed by atoms with E-state index in [0.29, 0.717) is 42.5 Å². The topological polar surface area (TPSA) is 94.1 Å². The molecule has 3 heterocycles. The molecule has 0 spiro atoms. The SMILES string of the molecule is C=C(F)CC1CN(C2CCCCC2)c2nc(NN(C(=O)c3cccc(OC)c3)C3CN(C)C3)ncc2N(C)C1=O. The number of hydrogen-bond acceptors (Lipinski definition) is 8. The average molecular weight is 552 g/mol. The van der Waals surface area contributed by atoms with Crippen molar-refractivity contribution in [1.29, 1.82) is 0 Å². The molecule has 1 saturated heterocycles. The van der Waals surface area contributed by atoms with E-state index in [-0.39, 0.29) is 36.3 Å². The Bertz CT molecular complexity index is 1260. The highest BCUT2D eigenvalue weighted by molar-refractivity contribution is 5.99. The normalized spacial score (nSPS) is 20.4. The predicted molar refractivity (Wildman–Crippen MR) is 152 cm³/mol. The number of carbonyl (C=O) groups excluding carboxylic acids is 2. The van der Waals surface area contributed by atoms with Crippen LogP contribution in [0.4, 0.5) is 21.8 Å². The maximum absolute atomic E-state index is 14.0. The van der Waals surface area contributed by atoms with Gasteiger partial charge in [-0.2, -0.15) is 4.98 Å². The van der Waals surface area contributed by atoms with E-state index in [9.17, 15) is 14.0 Å². The van der Waals surface area contributed by atoms with Gasteiger partial charge in [0.1, 0.15) is 11.4 Å². The number of halogens is 1. The van der Waals surface area contributed by atoms with Gasteiger partial charge in [-0.1, -0.05) is 31.9 Å². The molecule has 0 radical (unpaired) electrons. The third-order valence-electron chi connectivity index (χ3n) is 8.13. The highest BCUT2D eigenvalue weighted by Gasteiger charge is 2.38. The number of likely N-dealkylation sites (N-methyl/N-ethyl adjacent to an activating group) is 1. The second-order valence-electron chi connectivity index (χ2n) is 11.1. The summed E-state index contributed by atoms with van der Waals surface area (Å²) in [6.07, 6.45) is 6.89. The summed E-state index contributed by atoms with van der Waals surface area (Å²) in [4.78, 5) is 42.3. The van der Waals surface area contributed by atoms with E-state index in [1.54, 1.807) is 49.6 Å². The van der Waals surface area contributed by atoms with Crippen molar-refractivity contribution < 1.29 is 18.7 Å². The number of rotatable bonds is 8. The van der Waals surface area contributed by atoms with Gasteiger partial charge in [-0.25, -0.2) is 14.4 Å². The van der Waals surface area contributed by atoms with Crippen LogP contribution < -0.4 is 20.0 Å². The lowest BCUT2D eigenvalue weighted by molar-refractivity contribution is -0.121. The van der Waals surface area contributed by atoms with Crippen LogP contribution in [0.25, 0.3) is 0 Å². The number of hydrogen-bond donors (Lipinski definition) is 1. The van der Waals surface area contributed by atoms with Crippen molar-refractivity contribution in [3.8, 4) is 5.75 Å². The van der Waals surface area contributed by atoms with Gasteiger partial charge in [0.25, 0.3) is 5.91 Å². The Kier molecular flexibility index (Phi) is 8.20. The number of hydrazine groups is 1. The summed E-state index contributed by atoms with van der Waals surface area (Å²) in [6, 6.07) is 7.15. The lowest BCUT2D eigenvalue weighted by Crippen LogP contribution is -2.61. The van der Waals surface area contributed by atoms with Gasteiger partial charge in [0.2, 0.25) is 11.9 Å². The minimum atomic E-state index is -0.577. The Labute approximate surface area is 234 Å². The zero-order valence-corrected chi connectivity index (χ0v) is 23.5. The molecule has 1 aromatic heterocycles. The highest BCUT2D eigenvalue weighted by Crippen LogP contribution is 2.38. The molecular weight excluding hydrogens is 513 g/mol. The van der Waals surface area contributed by atoms with Gasteiger partial charge in [0, 0.05) is 44.7 Å². The molecule has 3 aliphatic rings. The Balaban J connectivity index is 1.49. The van der Waals surface area contributed by atoms with Crippen molar-refractivity contribution in [3.05, 3.63) is 48.4 Å². The third kappa shape index (κ3) is 5.74. The molecule has 1 aromatic carbocycles. The molecule has 40 heavy (non-hydrogen) atoms. The summed E-state index contributed by atoms with van der Waals surface area (Å²) >= 11 is 0. The summed E-state index contributed by atoms with van der Waals surface area (Å²) in [6.45, 7) is 5.17. The molecule has 11 heteroatoms. The highest BCUT2D eigenvalue weighted by atomic mass is 19.1. The van der Waals surface area contributed by atoms with E-state index in [2.05, 4.69) is 26.8 Å². The summed E-state index contributed by atoms with van der Waals surface area (Å²) in [7, 11) is 5.25. The number of nitrogens with one attached hydrogen (secondary N) is 1. The summed E-state index contributed by atoms with van der Waals surface area (Å²) in [5.74, 6) is -0.00692. The number of fused-ring (bicyclic) bond motifs is 1. The predicted octanol–water partition coefficient (Wildman–Crippen LogP) is 3.87. The number of methoxy groups -OCH3 is 1. The van der Waals surface area contributed by atoms with Gasteiger partial charge in [-0.05, 0) is 38.1 Å². The van der Waals surface area contributed by atoms with Gasteiger partial charge >= 0.3 is 0 Å². The molecule has 1 atom stereocenters. The lowest BCUT2D eigenvalue weighted by Gasteiger charge is -2.43. The smallest absolute Gasteiger partial charge is 0.272 e. The van der Waals surface area contributed by atoms with Crippen LogP contribution in [0, 0.1) is 5.92 Å². The van der Waals surface area contributed by atoms with E-state index in [4.69, 9.17) is 9.72 Å². The standard InChI is InChI=1S/C29H38FN7O3/c1-19(30)13-21-16-36(22-10-6-5-7-11-22)26-25(35(3)27(21)38)15-31-29(32-26)33-37(23-17-34(2)18-23)28(39)20-9-8-12-24(14-20)40-4/h8-9,12,14-15,21-23H,1,5-7,10-11,13,16-18H2,2-4H3,(H,31,32,33). The Morgan fingerprint density at radius 1 is 1.20 bits per heavy atom. The first-order valence-electron chi connectivity index (χ1n) is 13.9. The number of allylic oxidation sites excluding steroid dienone is 1. The maximum Gasteiger partial charge on any atom is 0.272 e. The van der Waals surface area contributed by atoms with Crippen molar-refractivity contribution in [3.63, 3.8) is 0 Å². The van der Waals surface area contributed by atoms with Crippen molar-refractivity contribution in [2.45, 2.75) is 50.6 Å². The summed E-state index contributed by atoms with van der Waals surface area (Å²) < 4.78 is 19.3. The Hall–Kier alpha value is -3.73. The molecule has 10 nitrogen and oxygen atoms in total. The van der Waals surface area contributed by atoms with E-state index in [1.807, 2.05) is 7.05 Å². The number of likely N-dealkylation sites (tertiary alicyclic amines) is 1.